The van der Waals surface area contributed by atoms with Gasteiger partial charge in [0.2, 0.25) is 0 Å². The van der Waals surface area contributed by atoms with E-state index in [2.05, 4.69) is 0 Å². The molecule has 0 saturated heterocycles. The highest BCUT2D eigenvalue weighted by Crippen LogP contribution is 2.24. The minimum absolute atomic E-state index is 0.293. The Morgan fingerprint density at radius 2 is 1.64 bits per heavy atom. The van der Waals surface area contributed by atoms with E-state index < -0.39 is 5.91 Å². The Hall–Kier alpha value is -2.69. The molecule has 22 heavy (non-hydrogen) atoms. The molecule has 2 rings (SSSR count). The van der Waals surface area contributed by atoms with Crippen LogP contribution < -0.4 is 19.9 Å². The Kier molecular flexibility index (Phi) is 5.25. The van der Waals surface area contributed by atoms with Gasteiger partial charge in [-0.05, 0) is 31.2 Å². The van der Waals surface area contributed by atoms with E-state index in [1.54, 1.807) is 25.3 Å². The van der Waals surface area contributed by atoms with Gasteiger partial charge in [0, 0.05) is 6.07 Å². The minimum atomic E-state index is -0.544. The molecule has 5 nitrogen and oxygen atoms in total. The number of hydrogen-bond donors (Lipinski definition) is 1. The second kappa shape index (κ2) is 7.36. The van der Waals surface area contributed by atoms with E-state index in [1.807, 2.05) is 31.2 Å². The molecule has 5 heteroatoms. The van der Waals surface area contributed by atoms with Crippen LogP contribution in [0.3, 0.4) is 0 Å². The Labute approximate surface area is 129 Å². The molecule has 0 radical (unpaired) electrons. The summed E-state index contributed by atoms with van der Waals surface area (Å²) in [5.41, 5.74) is 6.81. The fourth-order valence-electron chi connectivity index (χ4n) is 1.90. The molecule has 0 fully saturated rings. The van der Waals surface area contributed by atoms with Gasteiger partial charge in [-0.3, -0.25) is 4.79 Å². The van der Waals surface area contributed by atoms with Gasteiger partial charge >= 0.3 is 0 Å². The van der Waals surface area contributed by atoms with Crippen LogP contribution in [0.4, 0.5) is 0 Å². The highest BCUT2D eigenvalue weighted by atomic mass is 16.5. The first-order chi connectivity index (χ1) is 10.6. The van der Waals surface area contributed by atoms with Crippen LogP contribution >= 0.6 is 0 Å². The first kappa shape index (κ1) is 15.7. The normalized spacial score (nSPS) is 10.1. The van der Waals surface area contributed by atoms with E-state index in [0.717, 1.165) is 5.75 Å². The van der Waals surface area contributed by atoms with E-state index in [4.69, 9.17) is 19.9 Å². The minimum Gasteiger partial charge on any atom is -0.497 e. The van der Waals surface area contributed by atoms with Gasteiger partial charge in [-0.25, -0.2) is 0 Å². The average molecular weight is 301 g/mol. The zero-order valence-electron chi connectivity index (χ0n) is 12.7. The van der Waals surface area contributed by atoms with E-state index in [1.165, 1.54) is 5.56 Å². The predicted octanol–water partition coefficient (Wildman–Crippen LogP) is 2.56. The summed E-state index contributed by atoms with van der Waals surface area (Å²) < 4.78 is 16.3. The number of rotatable bonds is 7. The fraction of sp³-hybridized carbons (Fsp3) is 0.235. The monoisotopic (exact) mass is 301 g/mol. The van der Waals surface area contributed by atoms with Gasteiger partial charge in [0.25, 0.3) is 5.91 Å². The molecule has 0 bridgehead atoms. The van der Waals surface area contributed by atoms with Crippen LogP contribution in [0, 0.1) is 6.92 Å². The predicted molar refractivity (Wildman–Crippen MR) is 83.7 cm³/mol. The molecular weight excluding hydrogens is 282 g/mol. The topological polar surface area (TPSA) is 70.8 Å². The number of carbonyl (C=O) groups is 1. The maximum atomic E-state index is 11.4. The summed E-state index contributed by atoms with van der Waals surface area (Å²) in [4.78, 5) is 11.4. The quantitative estimate of drug-likeness (QED) is 0.798. The highest BCUT2D eigenvalue weighted by molar-refractivity contribution is 5.95. The van der Waals surface area contributed by atoms with E-state index in [0.29, 0.717) is 30.3 Å². The Morgan fingerprint density at radius 3 is 2.27 bits per heavy atom. The molecule has 2 aromatic carbocycles. The van der Waals surface area contributed by atoms with Crippen molar-refractivity contribution < 1.29 is 19.0 Å². The third-order valence-electron chi connectivity index (χ3n) is 3.08. The summed E-state index contributed by atoms with van der Waals surface area (Å²) in [6.45, 7) is 2.67. The van der Waals surface area contributed by atoms with Crippen molar-refractivity contribution in [3.63, 3.8) is 0 Å². The van der Waals surface area contributed by atoms with Crippen LogP contribution in [0.2, 0.25) is 0 Å². The van der Waals surface area contributed by atoms with Gasteiger partial charge in [-0.1, -0.05) is 17.7 Å². The summed E-state index contributed by atoms with van der Waals surface area (Å²) in [5, 5.41) is 0. The zero-order chi connectivity index (χ0) is 15.9. The largest absolute Gasteiger partial charge is 0.497 e. The summed E-state index contributed by atoms with van der Waals surface area (Å²) in [6.07, 6.45) is 0. The first-order valence-electron chi connectivity index (χ1n) is 6.90. The number of benzene rings is 2. The molecule has 0 aromatic heterocycles. The van der Waals surface area contributed by atoms with Crippen molar-refractivity contribution in [1.82, 2.24) is 0 Å². The number of aryl methyl sites for hydroxylation is 1. The van der Waals surface area contributed by atoms with Gasteiger partial charge in [-0.15, -0.1) is 0 Å². The maximum Gasteiger partial charge on any atom is 0.252 e. The van der Waals surface area contributed by atoms with Crippen LogP contribution in [0.1, 0.15) is 15.9 Å². The molecule has 0 atom stereocenters. The van der Waals surface area contributed by atoms with Crippen molar-refractivity contribution >= 4 is 5.91 Å². The van der Waals surface area contributed by atoms with E-state index in [-0.39, 0.29) is 0 Å². The summed E-state index contributed by atoms with van der Waals surface area (Å²) in [5.74, 6) is 1.21. The van der Waals surface area contributed by atoms with E-state index in [9.17, 15) is 4.79 Å². The van der Waals surface area contributed by atoms with Gasteiger partial charge in [0.1, 0.15) is 30.5 Å². The highest BCUT2D eigenvalue weighted by Gasteiger charge is 2.10. The standard InChI is InChI=1S/C17H19NO4/c1-12-3-5-13(6-4-12)21-9-10-22-16-11-14(20-2)7-8-15(16)17(18)19/h3-8,11H,9-10H2,1-2H3,(H2,18,19). The molecule has 0 spiro atoms. The van der Waals surface area contributed by atoms with Gasteiger partial charge < -0.3 is 19.9 Å². The molecular formula is C17H19NO4. The lowest BCUT2D eigenvalue weighted by Crippen LogP contribution is -2.15. The third kappa shape index (κ3) is 4.15. The number of amides is 1. The number of ether oxygens (including phenoxy) is 3. The summed E-state index contributed by atoms with van der Waals surface area (Å²) in [7, 11) is 1.55. The number of carbonyl (C=O) groups excluding carboxylic acids is 1. The summed E-state index contributed by atoms with van der Waals surface area (Å²) >= 11 is 0. The number of hydrogen-bond acceptors (Lipinski definition) is 4. The summed E-state index contributed by atoms with van der Waals surface area (Å²) in [6, 6.07) is 12.6. The molecule has 2 aromatic rings. The van der Waals surface area contributed by atoms with Crippen molar-refractivity contribution in [2.75, 3.05) is 20.3 Å². The van der Waals surface area contributed by atoms with Crippen LogP contribution in [-0.2, 0) is 0 Å². The lowest BCUT2D eigenvalue weighted by Gasteiger charge is -2.12. The second-order valence-electron chi connectivity index (χ2n) is 4.74. The van der Waals surface area contributed by atoms with Crippen molar-refractivity contribution in [3.05, 3.63) is 53.6 Å². The van der Waals surface area contributed by atoms with Gasteiger partial charge in [-0.2, -0.15) is 0 Å². The maximum absolute atomic E-state index is 11.4. The Bertz CT molecular complexity index is 638. The van der Waals surface area contributed by atoms with Gasteiger partial charge in [0.05, 0.1) is 12.7 Å². The van der Waals surface area contributed by atoms with Crippen molar-refractivity contribution in [3.8, 4) is 17.2 Å². The molecule has 2 N–H and O–H groups in total. The second-order valence-corrected chi connectivity index (χ2v) is 4.74. The van der Waals surface area contributed by atoms with Crippen molar-refractivity contribution in [2.24, 2.45) is 5.73 Å². The lowest BCUT2D eigenvalue weighted by atomic mass is 10.2. The molecule has 116 valence electrons. The molecule has 0 unspecified atom stereocenters. The first-order valence-corrected chi connectivity index (χ1v) is 6.90. The van der Waals surface area contributed by atoms with Crippen LogP contribution in [0.5, 0.6) is 17.2 Å². The average Bonchev–Trinajstić information content (AvgIpc) is 2.52. The smallest absolute Gasteiger partial charge is 0.252 e. The molecule has 0 saturated carbocycles. The zero-order valence-corrected chi connectivity index (χ0v) is 12.7. The molecule has 0 aliphatic heterocycles. The van der Waals surface area contributed by atoms with Crippen molar-refractivity contribution in [2.45, 2.75) is 6.92 Å². The van der Waals surface area contributed by atoms with Crippen LogP contribution in [-0.4, -0.2) is 26.2 Å². The Morgan fingerprint density at radius 1 is 1.00 bits per heavy atom. The lowest BCUT2D eigenvalue weighted by molar-refractivity contribution is 0.0995. The third-order valence-corrected chi connectivity index (χ3v) is 3.08. The van der Waals surface area contributed by atoms with Crippen LogP contribution in [0.25, 0.3) is 0 Å². The Balaban J connectivity index is 1.93. The number of methoxy groups -OCH3 is 1. The molecule has 0 heterocycles. The van der Waals surface area contributed by atoms with Gasteiger partial charge in [0.15, 0.2) is 0 Å². The molecule has 1 amide bonds. The molecule has 0 aliphatic carbocycles. The van der Waals surface area contributed by atoms with E-state index >= 15 is 0 Å². The van der Waals surface area contributed by atoms with Crippen molar-refractivity contribution in [1.29, 1.82) is 0 Å². The number of primary amides is 1. The SMILES string of the molecule is COc1ccc(C(N)=O)c(OCCOc2ccc(C)cc2)c1. The van der Waals surface area contributed by atoms with Crippen LogP contribution in [0.15, 0.2) is 42.5 Å². The number of nitrogens with two attached hydrogens (primary N) is 1. The molecule has 0 aliphatic rings. The fourth-order valence-corrected chi connectivity index (χ4v) is 1.90.